The minimum atomic E-state index is -4.53. The molecule has 148 valence electrons. The molecule has 1 aliphatic carbocycles. The first kappa shape index (κ1) is 19.2. The number of carbonyl (C=O) groups is 1. The van der Waals surface area contributed by atoms with Crippen LogP contribution in [0.2, 0.25) is 0 Å². The van der Waals surface area contributed by atoms with Gasteiger partial charge in [0.2, 0.25) is 5.91 Å². The van der Waals surface area contributed by atoms with Crippen LogP contribution in [0.15, 0.2) is 72.8 Å². The lowest BCUT2D eigenvalue weighted by Crippen LogP contribution is -2.33. The van der Waals surface area contributed by atoms with Crippen molar-refractivity contribution in [2.24, 2.45) is 0 Å². The summed E-state index contributed by atoms with van der Waals surface area (Å²) >= 11 is 0. The summed E-state index contributed by atoms with van der Waals surface area (Å²) in [6.07, 6.45) is -4.53. The number of nitrogens with zero attached hydrogens (tertiary/aromatic N) is 1. The van der Waals surface area contributed by atoms with Crippen LogP contribution in [0.4, 0.5) is 18.9 Å². The first-order chi connectivity index (χ1) is 13.9. The van der Waals surface area contributed by atoms with Gasteiger partial charge in [0.05, 0.1) is 23.8 Å². The molecule has 0 spiro atoms. The number of carbonyl (C=O) groups excluding carboxylic acids is 1. The maximum Gasteiger partial charge on any atom is 0.418 e. The van der Waals surface area contributed by atoms with E-state index >= 15 is 0 Å². The SMILES string of the molecule is CN(CC(=O)Nc1ccccc1C(F)(F)F)C1c2ccccc2-c2ccccc21. The minimum absolute atomic E-state index is 0.0421. The fraction of sp³-hybridized carbons (Fsp3) is 0.174. The predicted molar refractivity (Wildman–Crippen MR) is 106 cm³/mol. The molecule has 1 amide bonds. The van der Waals surface area contributed by atoms with Crippen LogP contribution in [-0.2, 0) is 11.0 Å². The predicted octanol–water partition coefficient (Wildman–Crippen LogP) is 5.35. The van der Waals surface area contributed by atoms with Gasteiger partial charge in [-0.3, -0.25) is 9.69 Å². The highest BCUT2D eigenvalue weighted by molar-refractivity contribution is 5.93. The van der Waals surface area contributed by atoms with E-state index in [1.165, 1.54) is 18.2 Å². The summed E-state index contributed by atoms with van der Waals surface area (Å²) in [5.41, 5.74) is 3.31. The van der Waals surface area contributed by atoms with Crippen molar-refractivity contribution in [2.75, 3.05) is 18.9 Å². The van der Waals surface area contributed by atoms with Gasteiger partial charge in [0.25, 0.3) is 0 Å². The number of benzene rings is 3. The molecule has 0 aromatic heterocycles. The number of fused-ring (bicyclic) bond motifs is 3. The fourth-order valence-electron chi connectivity index (χ4n) is 3.95. The third kappa shape index (κ3) is 3.63. The second-order valence-electron chi connectivity index (χ2n) is 7.08. The van der Waals surface area contributed by atoms with Crippen LogP contribution >= 0.6 is 0 Å². The van der Waals surface area contributed by atoms with Crippen molar-refractivity contribution in [3.8, 4) is 11.1 Å². The Hall–Kier alpha value is -3.12. The van der Waals surface area contributed by atoms with E-state index in [0.717, 1.165) is 28.3 Å². The average molecular weight is 396 g/mol. The number of rotatable bonds is 4. The van der Waals surface area contributed by atoms with E-state index in [2.05, 4.69) is 5.32 Å². The third-order valence-corrected chi connectivity index (χ3v) is 5.14. The summed E-state index contributed by atoms with van der Waals surface area (Å²) in [6.45, 7) is -0.0421. The molecule has 3 nitrogen and oxygen atoms in total. The molecule has 0 aliphatic heterocycles. The zero-order chi connectivity index (χ0) is 20.6. The number of alkyl halides is 3. The maximum absolute atomic E-state index is 13.2. The zero-order valence-corrected chi connectivity index (χ0v) is 15.7. The topological polar surface area (TPSA) is 32.3 Å². The molecule has 0 fully saturated rings. The van der Waals surface area contributed by atoms with Crippen molar-refractivity contribution in [1.82, 2.24) is 4.90 Å². The maximum atomic E-state index is 13.2. The normalized spacial score (nSPS) is 13.3. The number of anilines is 1. The van der Waals surface area contributed by atoms with Gasteiger partial charge >= 0.3 is 6.18 Å². The lowest BCUT2D eigenvalue weighted by Gasteiger charge is -2.26. The van der Waals surface area contributed by atoms with Gasteiger partial charge in [-0.25, -0.2) is 0 Å². The van der Waals surface area contributed by atoms with Gasteiger partial charge in [0.1, 0.15) is 0 Å². The first-order valence-electron chi connectivity index (χ1n) is 9.21. The molecule has 0 unspecified atom stereocenters. The molecule has 0 atom stereocenters. The summed E-state index contributed by atoms with van der Waals surface area (Å²) in [5, 5.41) is 2.42. The van der Waals surface area contributed by atoms with E-state index in [9.17, 15) is 18.0 Å². The van der Waals surface area contributed by atoms with Gasteiger partial charge in [-0.2, -0.15) is 13.2 Å². The Balaban J connectivity index is 1.57. The van der Waals surface area contributed by atoms with Gasteiger partial charge in [-0.05, 0) is 41.4 Å². The van der Waals surface area contributed by atoms with Crippen LogP contribution < -0.4 is 5.32 Å². The minimum Gasteiger partial charge on any atom is -0.324 e. The largest absolute Gasteiger partial charge is 0.418 e. The number of hydrogen-bond donors (Lipinski definition) is 1. The molecular formula is C23H19F3N2O. The Bertz CT molecular complexity index is 1020. The zero-order valence-electron chi connectivity index (χ0n) is 15.7. The highest BCUT2D eigenvalue weighted by atomic mass is 19.4. The van der Waals surface area contributed by atoms with Crippen molar-refractivity contribution in [3.63, 3.8) is 0 Å². The smallest absolute Gasteiger partial charge is 0.324 e. The van der Waals surface area contributed by atoms with E-state index < -0.39 is 17.6 Å². The number of nitrogens with one attached hydrogen (secondary N) is 1. The molecule has 0 saturated carbocycles. The molecule has 3 aromatic carbocycles. The van der Waals surface area contributed by atoms with Crippen LogP contribution in [0.3, 0.4) is 0 Å². The standard InChI is InChI=1S/C23H19F3N2O/c1-28(14-21(29)27-20-13-7-6-12-19(20)23(24,25)26)22-17-10-4-2-8-15(17)16-9-3-5-11-18(16)22/h2-13,22H,14H2,1H3,(H,27,29). The summed E-state index contributed by atoms with van der Waals surface area (Å²) < 4.78 is 39.5. The van der Waals surface area contributed by atoms with Crippen LogP contribution in [0, 0.1) is 0 Å². The van der Waals surface area contributed by atoms with Gasteiger partial charge in [-0.1, -0.05) is 60.7 Å². The van der Waals surface area contributed by atoms with E-state index in [4.69, 9.17) is 0 Å². The van der Waals surface area contributed by atoms with Crippen LogP contribution in [-0.4, -0.2) is 24.4 Å². The highest BCUT2D eigenvalue weighted by Gasteiger charge is 2.34. The second kappa shape index (κ2) is 7.37. The molecule has 0 saturated heterocycles. The summed E-state index contributed by atoms with van der Waals surface area (Å²) in [7, 11) is 1.80. The van der Waals surface area contributed by atoms with Crippen LogP contribution in [0.25, 0.3) is 11.1 Å². The molecule has 3 aromatic rings. The second-order valence-corrected chi connectivity index (χ2v) is 7.08. The number of amides is 1. The molecule has 4 rings (SSSR count). The lowest BCUT2D eigenvalue weighted by molar-refractivity contribution is -0.137. The average Bonchev–Trinajstić information content (AvgIpc) is 3.02. The van der Waals surface area contributed by atoms with Crippen LogP contribution in [0.5, 0.6) is 0 Å². The first-order valence-corrected chi connectivity index (χ1v) is 9.21. The molecule has 1 N–H and O–H groups in total. The molecule has 6 heteroatoms. The molecule has 0 heterocycles. The third-order valence-electron chi connectivity index (χ3n) is 5.14. The highest BCUT2D eigenvalue weighted by Crippen LogP contribution is 2.45. The molecule has 1 aliphatic rings. The van der Waals surface area contributed by atoms with E-state index in [0.29, 0.717) is 0 Å². The Morgan fingerprint density at radius 1 is 0.897 bits per heavy atom. The van der Waals surface area contributed by atoms with E-state index in [1.807, 2.05) is 53.4 Å². The molecular weight excluding hydrogens is 377 g/mol. The van der Waals surface area contributed by atoms with Crippen molar-refractivity contribution in [2.45, 2.75) is 12.2 Å². The summed E-state index contributed by atoms with van der Waals surface area (Å²) in [6, 6.07) is 20.8. The summed E-state index contributed by atoms with van der Waals surface area (Å²) in [4.78, 5) is 14.4. The number of halogens is 3. The molecule has 0 bridgehead atoms. The Kier molecular flexibility index (Phi) is 4.88. The number of likely N-dealkylation sites (N-methyl/N-ethyl adjacent to an activating group) is 1. The van der Waals surface area contributed by atoms with Gasteiger partial charge in [0, 0.05) is 0 Å². The van der Waals surface area contributed by atoms with Gasteiger partial charge in [0.15, 0.2) is 0 Å². The quantitative estimate of drug-likeness (QED) is 0.645. The molecule has 29 heavy (non-hydrogen) atoms. The monoisotopic (exact) mass is 396 g/mol. The van der Waals surface area contributed by atoms with Crippen molar-refractivity contribution in [3.05, 3.63) is 89.5 Å². The lowest BCUT2D eigenvalue weighted by atomic mass is 10.0. The van der Waals surface area contributed by atoms with Crippen molar-refractivity contribution < 1.29 is 18.0 Å². The Morgan fingerprint density at radius 2 is 1.41 bits per heavy atom. The fourth-order valence-corrected chi connectivity index (χ4v) is 3.95. The number of para-hydroxylation sites is 1. The van der Waals surface area contributed by atoms with Gasteiger partial charge in [-0.15, -0.1) is 0 Å². The van der Waals surface area contributed by atoms with Gasteiger partial charge < -0.3 is 5.32 Å². The number of hydrogen-bond acceptors (Lipinski definition) is 2. The Morgan fingerprint density at radius 3 is 2.00 bits per heavy atom. The van der Waals surface area contributed by atoms with Crippen molar-refractivity contribution >= 4 is 11.6 Å². The van der Waals surface area contributed by atoms with E-state index in [1.54, 1.807) is 7.05 Å². The summed E-state index contributed by atoms with van der Waals surface area (Å²) in [5.74, 6) is -0.494. The van der Waals surface area contributed by atoms with Crippen LogP contribution in [0.1, 0.15) is 22.7 Å². The molecule has 0 radical (unpaired) electrons. The Labute approximate surface area is 166 Å². The van der Waals surface area contributed by atoms with Crippen molar-refractivity contribution in [1.29, 1.82) is 0 Å². The van der Waals surface area contributed by atoms with E-state index in [-0.39, 0.29) is 18.3 Å².